The highest BCUT2D eigenvalue weighted by molar-refractivity contribution is 9.10. The minimum absolute atomic E-state index is 0.0392. The number of aromatic nitrogens is 1. The number of carbonyl (C=O) groups is 1. The van der Waals surface area contributed by atoms with Crippen molar-refractivity contribution in [3.63, 3.8) is 0 Å². The van der Waals surface area contributed by atoms with Crippen LogP contribution in [0.5, 0.6) is 0 Å². The zero-order chi connectivity index (χ0) is 13.1. The van der Waals surface area contributed by atoms with Gasteiger partial charge in [0.15, 0.2) is 0 Å². The van der Waals surface area contributed by atoms with E-state index >= 15 is 0 Å². The quantitative estimate of drug-likeness (QED) is 0.858. The van der Waals surface area contributed by atoms with E-state index in [1.54, 1.807) is 4.90 Å². The van der Waals surface area contributed by atoms with Crippen molar-refractivity contribution in [1.29, 1.82) is 0 Å². The SMILES string of the molecule is CN(CC1CCCCO1)C(=O)c1cc(Br)cn1C. The molecule has 1 aromatic rings. The lowest BCUT2D eigenvalue weighted by Gasteiger charge is -2.27. The van der Waals surface area contributed by atoms with E-state index in [1.165, 1.54) is 6.42 Å². The largest absolute Gasteiger partial charge is 0.376 e. The predicted octanol–water partition coefficient (Wildman–Crippen LogP) is 2.43. The zero-order valence-electron chi connectivity index (χ0n) is 10.9. The highest BCUT2D eigenvalue weighted by atomic mass is 79.9. The molecule has 0 aromatic carbocycles. The number of ether oxygens (including phenoxy) is 1. The van der Waals surface area contributed by atoms with Crippen LogP contribution in [0.25, 0.3) is 0 Å². The molecule has 2 rings (SSSR count). The number of hydrogen-bond donors (Lipinski definition) is 0. The van der Waals surface area contributed by atoms with E-state index < -0.39 is 0 Å². The van der Waals surface area contributed by atoms with E-state index in [2.05, 4.69) is 15.9 Å². The first-order valence-electron chi connectivity index (χ1n) is 6.27. The van der Waals surface area contributed by atoms with Crippen LogP contribution in [0.4, 0.5) is 0 Å². The summed E-state index contributed by atoms with van der Waals surface area (Å²) in [6.45, 7) is 1.49. The second-order valence-electron chi connectivity index (χ2n) is 4.83. The highest BCUT2D eigenvalue weighted by Crippen LogP contribution is 2.17. The summed E-state index contributed by atoms with van der Waals surface area (Å²) in [5.41, 5.74) is 0.695. The summed E-state index contributed by atoms with van der Waals surface area (Å²) in [4.78, 5) is 14.0. The van der Waals surface area contributed by atoms with Gasteiger partial charge >= 0.3 is 0 Å². The van der Waals surface area contributed by atoms with Crippen LogP contribution in [0.3, 0.4) is 0 Å². The van der Waals surface area contributed by atoms with Gasteiger partial charge in [-0.3, -0.25) is 4.79 Å². The van der Waals surface area contributed by atoms with Gasteiger partial charge in [-0.2, -0.15) is 0 Å². The average Bonchev–Trinajstić information content (AvgIpc) is 2.68. The van der Waals surface area contributed by atoms with Crippen LogP contribution in [-0.4, -0.2) is 41.7 Å². The summed E-state index contributed by atoms with van der Waals surface area (Å²) >= 11 is 3.38. The average molecular weight is 315 g/mol. The van der Waals surface area contributed by atoms with Gasteiger partial charge in [-0.25, -0.2) is 0 Å². The molecule has 0 saturated carbocycles. The van der Waals surface area contributed by atoms with Gasteiger partial charge < -0.3 is 14.2 Å². The monoisotopic (exact) mass is 314 g/mol. The summed E-state index contributed by atoms with van der Waals surface area (Å²) in [7, 11) is 3.71. The lowest BCUT2D eigenvalue weighted by Crippen LogP contribution is -2.37. The Morgan fingerprint density at radius 3 is 2.94 bits per heavy atom. The molecule has 5 heteroatoms. The third-order valence-corrected chi connectivity index (χ3v) is 3.72. The van der Waals surface area contributed by atoms with Crippen molar-refractivity contribution in [2.45, 2.75) is 25.4 Å². The minimum Gasteiger partial charge on any atom is -0.376 e. The van der Waals surface area contributed by atoms with E-state index in [0.29, 0.717) is 12.2 Å². The Morgan fingerprint density at radius 2 is 2.39 bits per heavy atom. The van der Waals surface area contributed by atoms with E-state index in [-0.39, 0.29) is 12.0 Å². The maximum absolute atomic E-state index is 12.3. The molecule has 2 heterocycles. The lowest BCUT2D eigenvalue weighted by molar-refractivity contribution is -0.000354. The van der Waals surface area contributed by atoms with Gasteiger partial charge in [-0.1, -0.05) is 0 Å². The maximum atomic E-state index is 12.3. The Labute approximate surface area is 116 Å². The molecule has 0 spiro atoms. The van der Waals surface area contributed by atoms with Crippen LogP contribution >= 0.6 is 15.9 Å². The van der Waals surface area contributed by atoms with Crippen molar-refractivity contribution in [3.8, 4) is 0 Å². The smallest absolute Gasteiger partial charge is 0.270 e. The van der Waals surface area contributed by atoms with Crippen LogP contribution in [0.15, 0.2) is 16.7 Å². The second-order valence-corrected chi connectivity index (χ2v) is 5.74. The zero-order valence-corrected chi connectivity index (χ0v) is 12.4. The van der Waals surface area contributed by atoms with E-state index in [9.17, 15) is 4.79 Å². The Balaban J connectivity index is 1.97. The fourth-order valence-corrected chi connectivity index (χ4v) is 2.80. The van der Waals surface area contributed by atoms with Gasteiger partial charge in [0.25, 0.3) is 5.91 Å². The molecule has 1 unspecified atom stereocenters. The van der Waals surface area contributed by atoms with Crippen LogP contribution in [0, 0.1) is 0 Å². The normalized spacial score (nSPS) is 19.8. The molecule has 1 atom stereocenters. The van der Waals surface area contributed by atoms with Gasteiger partial charge in [-0.15, -0.1) is 0 Å². The lowest BCUT2D eigenvalue weighted by atomic mass is 10.1. The van der Waals surface area contributed by atoms with Gasteiger partial charge in [0.1, 0.15) is 5.69 Å². The topological polar surface area (TPSA) is 34.5 Å². The van der Waals surface area contributed by atoms with Crippen LogP contribution in [-0.2, 0) is 11.8 Å². The number of hydrogen-bond acceptors (Lipinski definition) is 2. The molecule has 0 bridgehead atoms. The third kappa shape index (κ3) is 3.14. The Morgan fingerprint density at radius 1 is 1.61 bits per heavy atom. The number of likely N-dealkylation sites (N-methyl/N-ethyl adjacent to an activating group) is 1. The van der Waals surface area contributed by atoms with Gasteiger partial charge in [0, 0.05) is 37.9 Å². The Hall–Kier alpha value is -0.810. The molecule has 1 saturated heterocycles. The van der Waals surface area contributed by atoms with Gasteiger partial charge in [-0.05, 0) is 41.3 Å². The molecule has 1 fully saturated rings. The summed E-state index contributed by atoms with van der Waals surface area (Å²) in [5.74, 6) is 0.0392. The molecule has 100 valence electrons. The fourth-order valence-electron chi connectivity index (χ4n) is 2.27. The Bertz CT molecular complexity index is 425. The predicted molar refractivity (Wildman–Crippen MR) is 73.7 cm³/mol. The number of aryl methyl sites for hydroxylation is 1. The van der Waals surface area contributed by atoms with Crippen molar-refractivity contribution < 1.29 is 9.53 Å². The van der Waals surface area contributed by atoms with Crippen LogP contribution in [0.2, 0.25) is 0 Å². The second kappa shape index (κ2) is 5.89. The molecular weight excluding hydrogens is 296 g/mol. The molecule has 1 aliphatic heterocycles. The van der Waals surface area contributed by atoms with Crippen molar-refractivity contribution in [3.05, 3.63) is 22.4 Å². The molecule has 0 aliphatic carbocycles. The summed E-state index contributed by atoms with van der Waals surface area (Å²) in [6.07, 6.45) is 5.46. The van der Waals surface area contributed by atoms with Crippen LogP contribution in [0.1, 0.15) is 29.8 Å². The molecule has 1 aromatic heterocycles. The first-order chi connectivity index (χ1) is 8.58. The summed E-state index contributed by atoms with van der Waals surface area (Å²) < 4.78 is 8.42. The van der Waals surface area contributed by atoms with Crippen molar-refractivity contribution in [2.75, 3.05) is 20.2 Å². The van der Waals surface area contributed by atoms with Crippen LogP contribution < -0.4 is 0 Å². The third-order valence-electron chi connectivity index (χ3n) is 3.29. The molecule has 1 aliphatic rings. The van der Waals surface area contributed by atoms with Crippen molar-refractivity contribution in [1.82, 2.24) is 9.47 Å². The van der Waals surface area contributed by atoms with Gasteiger partial charge in [0.2, 0.25) is 0 Å². The maximum Gasteiger partial charge on any atom is 0.270 e. The molecule has 0 N–H and O–H groups in total. The van der Waals surface area contributed by atoms with Gasteiger partial charge in [0.05, 0.1) is 6.10 Å². The fraction of sp³-hybridized carbons (Fsp3) is 0.615. The summed E-state index contributed by atoms with van der Waals surface area (Å²) in [5, 5.41) is 0. The highest BCUT2D eigenvalue weighted by Gasteiger charge is 2.21. The molecule has 0 radical (unpaired) electrons. The Kier molecular flexibility index (Phi) is 4.45. The number of rotatable bonds is 3. The number of halogens is 1. The van der Waals surface area contributed by atoms with E-state index in [0.717, 1.165) is 23.9 Å². The molecule has 18 heavy (non-hydrogen) atoms. The standard InChI is InChI=1S/C13H19BrN2O2/c1-15-8-10(14)7-12(15)13(17)16(2)9-11-5-3-4-6-18-11/h7-8,11H,3-6,9H2,1-2H3. The molecule has 4 nitrogen and oxygen atoms in total. The van der Waals surface area contributed by atoms with Crippen molar-refractivity contribution >= 4 is 21.8 Å². The number of nitrogens with zero attached hydrogens (tertiary/aromatic N) is 2. The number of amides is 1. The first-order valence-corrected chi connectivity index (χ1v) is 7.06. The first kappa shape index (κ1) is 13.6. The number of carbonyl (C=O) groups excluding carboxylic acids is 1. The van der Waals surface area contributed by atoms with Crippen molar-refractivity contribution in [2.24, 2.45) is 7.05 Å². The molecule has 1 amide bonds. The minimum atomic E-state index is 0.0392. The summed E-state index contributed by atoms with van der Waals surface area (Å²) in [6, 6.07) is 1.85. The van der Waals surface area contributed by atoms with E-state index in [1.807, 2.05) is 30.9 Å². The molecular formula is C13H19BrN2O2. The van der Waals surface area contributed by atoms with E-state index in [4.69, 9.17) is 4.74 Å².